The fraction of sp³-hybridized carbons (Fsp3) is 0.545. The van der Waals surface area contributed by atoms with Gasteiger partial charge in [0.15, 0.2) is 5.84 Å². The molecule has 88 valence electrons. The van der Waals surface area contributed by atoms with E-state index in [4.69, 9.17) is 15.7 Å². The number of hydrogen-bond acceptors (Lipinski definition) is 3. The van der Waals surface area contributed by atoms with Crippen molar-refractivity contribution in [3.05, 3.63) is 24.0 Å². The van der Waals surface area contributed by atoms with Gasteiger partial charge in [-0.2, -0.15) is 0 Å². The van der Waals surface area contributed by atoms with Crippen molar-refractivity contribution in [2.24, 2.45) is 10.9 Å². The summed E-state index contributed by atoms with van der Waals surface area (Å²) in [6.07, 6.45) is 5.56. The predicted octanol–water partition coefficient (Wildman–Crippen LogP) is 1.15. The molecule has 0 radical (unpaired) electrons. The highest BCUT2D eigenvalue weighted by atomic mass is 16.5. The summed E-state index contributed by atoms with van der Waals surface area (Å²) in [5.41, 5.74) is 6.32. The van der Waals surface area contributed by atoms with Crippen LogP contribution in [0.25, 0.3) is 0 Å². The Bertz CT molecular complexity index is 367. The van der Waals surface area contributed by atoms with Gasteiger partial charge in [-0.05, 0) is 31.4 Å². The van der Waals surface area contributed by atoms with Crippen LogP contribution in [0.3, 0.4) is 0 Å². The molecule has 5 heteroatoms. The van der Waals surface area contributed by atoms with Crippen molar-refractivity contribution in [1.29, 1.82) is 0 Å². The van der Waals surface area contributed by atoms with Crippen molar-refractivity contribution in [3.8, 4) is 0 Å². The Hall–Kier alpha value is -1.49. The first kappa shape index (κ1) is 11.0. The van der Waals surface area contributed by atoms with Crippen LogP contribution in [0.1, 0.15) is 25.0 Å². The van der Waals surface area contributed by atoms with Crippen molar-refractivity contribution in [2.75, 3.05) is 6.61 Å². The summed E-state index contributed by atoms with van der Waals surface area (Å²) in [6, 6.07) is 3.73. The van der Waals surface area contributed by atoms with Crippen LogP contribution in [-0.4, -0.2) is 28.3 Å². The molecule has 0 saturated carbocycles. The summed E-state index contributed by atoms with van der Waals surface area (Å²) in [5, 5.41) is 11.6. The van der Waals surface area contributed by atoms with Crippen LogP contribution < -0.4 is 5.73 Å². The van der Waals surface area contributed by atoms with Gasteiger partial charge in [-0.1, -0.05) is 5.16 Å². The summed E-state index contributed by atoms with van der Waals surface area (Å²) in [6.45, 7) is 1.71. The van der Waals surface area contributed by atoms with Crippen molar-refractivity contribution in [3.63, 3.8) is 0 Å². The molecule has 2 heterocycles. The lowest BCUT2D eigenvalue weighted by molar-refractivity contribution is 0.100. The summed E-state index contributed by atoms with van der Waals surface area (Å²) in [7, 11) is 0. The van der Waals surface area contributed by atoms with Gasteiger partial charge >= 0.3 is 0 Å². The van der Waals surface area contributed by atoms with E-state index in [0.717, 1.165) is 38.1 Å². The van der Waals surface area contributed by atoms with E-state index in [2.05, 4.69) is 5.16 Å². The standard InChI is InChI=1S/C11H17N3O2/c12-11(13-15)10-4-1-6-14(10)7-5-9-3-2-8-16-9/h1,4,6,9,15H,2-3,5,7-8H2,(H2,12,13). The lowest BCUT2D eigenvalue weighted by Crippen LogP contribution is -2.19. The number of aromatic nitrogens is 1. The van der Waals surface area contributed by atoms with E-state index >= 15 is 0 Å². The molecule has 5 nitrogen and oxygen atoms in total. The zero-order chi connectivity index (χ0) is 11.4. The molecule has 0 spiro atoms. The van der Waals surface area contributed by atoms with Gasteiger partial charge in [-0.3, -0.25) is 0 Å². The SMILES string of the molecule is N/C(=N/O)c1cccn1CCC1CCCO1. The number of ether oxygens (including phenoxy) is 1. The Kier molecular flexibility index (Phi) is 3.46. The van der Waals surface area contributed by atoms with Crippen LogP contribution >= 0.6 is 0 Å². The van der Waals surface area contributed by atoms with E-state index < -0.39 is 0 Å². The normalized spacial score (nSPS) is 21.5. The molecule has 1 saturated heterocycles. The molecule has 0 aliphatic carbocycles. The fourth-order valence-electron chi connectivity index (χ4n) is 2.05. The molecule has 0 bridgehead atoms. The summed E-state index contributed by atoms with van der Waals surface area (Å²) < 4.78 is 7.54. The van der Waals surface area contributed by atoms with Gasteiger partial charge in [-0.25, -0.2) is 0 Å². The zero-order valence-corrected chi connectivity index (χ0v) is 9.17. The second kappa shape index (κ2) is 5.03. The lowest BCUT2D eigenvalue weighted by atomic mass is 10.2. The first-order chi connectivity index (χ1) is 7.81. The Morgan fingerprint density at radius 2 is 2.56 bits per heavy atom. The maximum Gasteiger partial charge on any atom is 0.186 e. The van der Waals surface area contributed by atoms with E-state index in [0.29, 0.717) is 6.10 Å². The average Bonchev–Trinajstić information content (AvgIpc) is 2.96. The maximum absolute atomic E-state index is 8.64. The van der Waals surface area contributed by atoms with Crippen molar-refractivity contribution in [1.82, 2.24) is 4.57 Å². The van der Waals surface area contributed by atoms with Gasteiger partial charge in [0.25, 0.3) is 0 Å². The van der Waals surface area contributed by atoms with Crippen LogP contribution in [0.4, 0.5) is 0 Å². The van der Waals surface area contributed by atoms with Crippen LogP contribution in [-0.2, 0) is 11.3 Å². The first-order valence-corrected chi connectivity index (χ1v) is 5.56. The summed E-state index contributed by atoms with van der Waals surface area (Å²) >= 11 is 0. The second-order valence-electron chi connectivity index (χ2n) is 4.00. The highest BCUT2D eigenvalue weighted by molar-refractivity contribution is 5.95. The Labute approximate surface area is 94.5 Å². The molecule has 1 atom stereocenters. The van der Waals surface area contributed by atoms with E-state index in [1.807, 2.05) is 22.9 Å². The number of amidine groups is 1. The molecule has 3 N–H and O–H groups in total. The predicted molar refractivity (Wildman–Crippen MR) is 60.5 cm³/mol. The second-order valence-corrected chi connectivity index (χ2v) is 4.00. The number of aryl methyl sites for hydroxylation is 1. The van der Waals surface area contributed by atoms with E-state index in [9.17, 15) is 0 Å². The number of hydrogen-bond donors (Lipinski definition) is 2. The molecule has 1 aliphatic heterocycles. The van der Waals surface area contributed by atoms with Crippen LogP contribution in [0.2, 0.25) is 0 Å². The lowest BCUT2D eigenvalue weighted by Gasteiger charge is -2.12. The van der Waals surface area contributed by atoms with Gasteiger partial charge in [0, 0.05) is 19.3 Å². The van der Waals surface area contributed by atoms with Gasteiger partial charge < -0.3 is 20.2 Å². The van der Waals surface area contributed by atoms with E-state index in [-0.39, 0.29) is 5.84 Å². The quantitative estimate of drug-likeness (QED) is 0.348. The van der Waals surface area contributed by atoms with Crippen LogP contribution in [0.5, 0.6) is 0 Å². The van der Waals surface area contributed by atoms with E-state index in [1.165, 1.54) is 0 Å². The largest absolute Gasteiger partial charge is 0.409 e. The zero-order valence-electron chi connectivity index (χ0n) is 9.17. The minimum Gasteiger partial charge on any atom is -0.409 e. The number of nitrogens with two attached hydrogens (primary N) is 1. The Morgan fingerprint density at radius 3 is 3.25 bits per heavy atom. The fourth-order valence-corrected chi connectivity index (χ4v) is 2.05. The van der Waals surface area contributed by atoms with Crippen molar-refractivity contribution in [2.45, 2.75) is 31.9 Å². The van der Waals surface area contributed by atoms with Crippen LogP contribution in [0.15, 0.2) is 23.5 Å². The minimum absolute atomic E-state index is 0.150. The minimum atomic E-state index is 0.150. The van der Waals surface area contributed by atoms with Gasteiger partial charge in [0.05, 0.1) is 11.8 Å². The van der Waals surface area contributed by atoms with Gasteiger partial charge in [0.2, 0.25) is 0 Å². The number of nitrogens with zero attached hydrogens (tertiary/aromatic N) is 2. The third-order valence-electron chi connectivity index (χ3n) is 2.92. The molecule has 16 heavy (non-hydrogen) atoms. The molecule has 2 rings (SSSR count). The van der Waals surface area contributed by atoms with Gasteiger partial charge in [0.1, 0.15) is 0 Å². The molecule has 1 aromatic rings. The number of rotatable bonds is 4. The third kappa shape index (κ3) is 2.36. The molecule has 1 aliphatic rings. The monoisotopic (exact) mass is 223 g/mol. The molecule has 1 unspecified atom stereocenters. The third-order valence-corrected chi connectivity index (χ3v) is 2.92. The van der Waals surface area contributed by atoms with Crippen molar-refractivity contribution >= 4 is 5.84 Å². The first-order valence-electron chi connectivity index (χ1n) is 5.56. The molecular weight excluding hydrogens is 206 g/mol. The summed E-state index contributed by atoms with van der Waals surface area (Å²) in [4.78, 5) is 0. The van der Waals surface area contributed by atoms with E-state index in [1.54, 1.807) is 0 Å². The molecule has 1 aromatic heterocycles. The average molecular weight is 223 g/mol. The summed E-state index contributed by atoms with van der Waals surface area (Å²) in [5.74, 6) is 0.150. The topological polar surface area (TPSA) is 72.8 Å². The molecular formula is C11H17N3O2. The smallest absolute Gasteiger partial charge is 0.186 e. The number of oxime groups is 1. The maximum atomic E-state index is 8.64. The van der Waals surface area contributed by atoms with Crippen LogP contribution in [0, 0.1) is 0 Å². The van der Waals surface area contributed by atoms with Crippen molar-refractivity contribution < 1.29 is 9.94 Å². The highest BCUT2D eigenvalue weighted by Gasteiger charge is 2.15. The molecule has 0 amide bonds. The highest BCUT2D eigenvalue weighted by Crippen LogP contribution is 2.16. The Balaban J connectivity index is 1.96. The molecule has 1 fully saturated rings. The van der Waals surface area contributed by atoms with Gasteiger partial charge in [-0.15, -0.1) is 0 Å². The Morgan fingerprint density at radius 1 is 1.69 bits per heavy atom. The molecule has 0 aromatic carbocycles.